The number of fused-ring (bicyclic) bond motifs is 1. The minimum absolute atomic E-state index is 0.0510. The van der Waals surface area contributed by atoms with Crippen LogP contribution < -0.4 is 14.2 Å². The van der Waals surface area contributed by atoms with Gasteiger partial charge in [0.15, 0.2) is 17.3 Å². The van der Waals surface area contributed by atoms with Gasteiger partial charge in [0.25, 0.3) is 5.69 Å². The van der Waals surface area contributed by atoms with Crippen molar-refractivity contribution in [3.63, 3.8) is 0 Å². The molecular formula is C17H13NO7. The van der Waals surface area contributed by atoms with Crippen molar-refractivity contribution in [1.29, 1.82) is 0 Å². The summed E-state index contributed by atoms with van der Waals surface area (Å²) in [6, 6.07) is 6.69. The first-order chi connectivity index (χ1) is 11.9. The maximum atomic E-state index is 12.4. The summed E-state index contributed by atoms with van der Waals surface area (Å²) in [5.41, 5.74) is 0.135. The van der Waals surface area contributed by atoms with E-state index in [1.54, 1.807) is 0 Å². The van der Waals surface area contributed by atoms with E-state index in [0.717, 1.165) is 0 Å². The van der Waals surface area contributed by atoms with Gasteiger partial charge in [-0.25, -0.2) is 0 Å². The van der Waals surface area contributed by atoms with Gasteiger partial charge in [-0.2, -0.15) is 0 Å². The molecule has 0 aromatic heterocycles. The number of hydrogen-bond acceptors (Lipinski definition) is 7. The quantitative estimate of drug-likeness (QED) is 0.516. The molecule has 0 aliphatic carbocycles. The third-order valence-electron chi connectivity index (χ3n) is 3.67. The molecule has 2 aromatic rings. The lowest BCUT2D eigenvalue weighted by Gasteiger charge is -2.09. The van der Waals surface area contributed by atoms with Crippen LogP contribution in [0.4, 0.5) is 5.69 Å². The molecular weight excluding hydrogens is 330 g/mol. The first-order valence-corrected chi connectivity index (χ1v) is 7.12. The second kappa shape index (κ2) is 6.16. The normalized spacial score (nSPS) is 14.2. The number of hydrogen-bond donors (Lipinski definition) is 1. The average Bonchev–Trinajstić information content (AvgIpc) is 2.89. The van der Waals surface area contributed by atoms with Crippen LogP contribution in [0.5, 0.6) is 23.0 Å². The van der Waals surface area contributed by atoms with Crippen molar-refractivity contribution in [3.8, 4) is 23.0 Å². The van der Waals surface area contributed by atoms with Crippen LogP contribution in [0.25, 0.3) is 6.08 Å². The second-order valence-electron chi connectivity index (χ2n) is 5.14. The lowest BCUT2D eigenvalue weighted by atomic mass is 10.1. The fourth-order valence-electron chi connectivity index (χ4n) is 2.47. The molecule has 0 radical (unpaired) electrons. The van der Waals surface area contributed by atoms with Crippen molar-refractivity contribution in [1.82, 2.24) is 0 Å². The zero-order valence-electron chi connectivity index (χ0n) is 13.3. The van der Waals surface area contributed by atoms with Gasteiger partial charge in [0.05, 0.1) is 36.3 Å². The summed E-state index contributed by atoms with van der Waals surface area (Å²) in [4.78, 5) is 23.1. The molecule has 0 bridgehead atoms. The van der Waals surface area contributed by atoms with E-state index in [9.17, 15) is 20.0 Å². The number of nitrogens with zero attached hydrogens (tertiary/aromatic N) is 1. The summed E-state index contributed by atoms with van der Waals surface area (Å²) in [5, 5.41) is 20.8. The Balaban J connectivity index is 2.10. The summed E-state index contributed by atoms with van der Waals surface area (Å²) in [6.07, 6.45) is 1.26. The van der Waals surface area contributed by atoms with Gasteiger partial charge in [-0.3, -0.25) is 14.9 Å². The maximum Gasteiger partial charge on any atom is 0.280 e. The van der Waals surface area contributed by atoms with E-state index in [0.29, 0.717) is 0 Å². The zero-order chi connectivity index (χ0) is 18.1. The summed E-state index contributed by atoms with van der Waals surface area (Å²) >= 11 is 0. The second-order valence-corrected chi connectivity index (χ2v) is 5.14. The molecule has 0 unspecified atom stereocenters. The number of phenolic OH excluding ortho intramolecular Hbond substituents is 1. The molecule has 0 fully saturated rings. The van der Waals surface area contributed by atoms with Gasteiger partial charge in [-0.15, -0.1) is 0 Å². The van der Waals surface area contributed by atoms with Crippen molar-refractivity contribution in [3.05, 3.63) is 57.3 Å². The van der Waals surface area contributed by atoms with Crippen molar-refractivity contribution < 1.29 is 29.0 Å². The summed E-state index contributed by atoms with van der Waals surface area (Å²) in [7, 11) is 2.77. The van der Waals surface area contributed by atoms with E-state index in [1.807, 2.05) is 0 Å². The number of carbonyl (C=O) groups excluding carboxylic acids is 1. The van der Waals surface area contributed by atoms with Crippen LogP contribution in [0.3, 0.4) is 0 Å². The van der Waals surface area contributed by atoms with E-state index in [2.05, 4.69) is 0 Å². The van der Waals surface area contributed by atoms with E-state index in [4.69, 9.17) is 14.2 Å². The van der Waals surface area contributed by atoms with Gasteiger partial charge in [0.1, 0.15) is 11.5 Å². The van der Waals surface area contributed by atoms with Crippen molar-refractivity contribution in [2.75, 3.05) is 14.2 Å². The third-order valence-corrected chi connectivity index (χ3v) is 3.67. The number of nitro benzene ring substituents is 1. The Morgan fingerprint density at radius 2 is 1.84 bits per heavy atom. The summed E-state index contributed by atoms with van der Waals surface area (Å²) in [6.45, 7) is 0. The highest BCUT2D eigenvalue weighted by molar-refractivity contribution is 6.14. The molecule has 8 nitrogen and oxygen atoms in total. The number of ether oxygens (including phenoxy) is 3. The monoisotopic (exact) mass is 343 g/mol. The van der Waals surface area contributed by atoms with Crippen LogP contribution in [0.2, 0.25) is 0 Å². The molecule has 1 aliphatic rings. The van der Waals surface area contributed by atoms with Crippen molar-refractivity contribution in [2.45, 2.75) is 0 Å². The van der Waals surface area contributed by atoms with Crippen LogP contribution in [0, 0.1) is 10.1 Å². The Kier molecular flexibility index (Phi) is 4.02. The van der Waals surface area contributed by atoms with Crippen LogP contribution in [0.1, 0.15) is 15.9 Å². The van der Waals surface area contributed by atoms with E-state index < -0.39 is 10.7 Å². The average molecular weight is 343 g/mol. The predicted octanol–water partition coefficient (Wildman–Crippen LogP) is 2.93. The molecule has 2 aromatic carbocycles. The van der Waals surface area contributed by atoms with Gasteiger partial charge >= 0.3 is 0 Å². The third kappa shape index (κ3) is 2.85. The largest absolute Gasteiger partial charge is 0.508 e. The van der Waals surface area contributed by atoms with Gasteiger partial charge in [-0.05, 0) is 24.3 Å². The summed E-state index contributed by atoms with van der Waals surface area (Å²) in [5.74, 6) is 0.100. The molecule has 1 heterocycles. The number of allylic oxidation sites excluding steroid dienone is 1. The Morgan fingerprint density at radius 1 is 1.16 bits per heavy atom. The first-order valence-electron chi connectivity index (χ1n) is 7.12. The highest BCUT2D eigenvalue weighted by Crippen LogP contribution is 2.38. The van der Waals surface area contributed by atoms with Crippen LogP contribution in [-0.4, -0.2) is 30.0 Å². The molecule has 25 heavy (non-hydrogen) atoms. The Morgan fingerprint density at radius 3 is 2.48 bits per heavy atom. The van der Waals surface area contributed by atoms with Crippen LogP contribution in [-0.2, 0) is 0 Å². The number of ketones is 1. The Hall–Kier alpha value is -3.55. The molecule has 1 N–H and O–H groups in total. The van der Waals surface area contributed by atoms with Gasteiger partial charge in [-0.1, -0.05) is 0 Å². The molecule has 8 heteroatoms. The predicted molar refractivity (Wildman–Crippen MR) is 87.2 cm³/mol. The van der Waals surface area contributed by atoms with Crippen molar-refractivity contribution >= 4 is 17.5 Å². The van der Waals surface area contributed by atoms with E-state index in [-0.39, 0.29) is 45.6 Å². The molecule has 3 rings (SSSR count). The van der Waals surface area contributed by atoms with Gasteiger partial charge in [0, 0.05) is 6.07 Å². The number of Topliss-reactive ketones (excluding diaryl/α,β-unsaturated/α-hetero) is 1. The number of carbonyl (C=O) groups is 1. The standard InChI is InChI=1S/C17H13NO7/c1-23-14-5-9(12(18(21)22)8-15(14)24-2)6-16-17(20)11-4-3-10(19)7-13(11)25-16/h3-8,19H,1-2H3/b16-6+. The molecule has 0 atom stereocenters. The minimum atomic E-state index is -0.591. The number of aromatic hydroxyl groups is 1. The SMILES string of the molecule is COc1cc(/C=C2/Oc3cc(O)ccc3C2=O)c([N+](=O)[O-])cc1OC. The first kappa shape index (κ1) is 16.3. The minimum Gasteiger partial charge on any atom is -0.508 e. The number of rotatable bonds is 4. The van der Waals surface area contributed by atoms with Gasteiger partial charge < -0.3 is 19.3 Å². The van der Waals surface area contributed by atoms with Crippen molar-refractivity contribution in [2.24, 2.45) is 0 Å². The number of methoxy groups -OCH3 is 2. The molecule has 0 saturated heterocycles. The molecule has 0 amide bonds. The van der Waals surface area contributed by atoms with Crippen LogP contribution in [0.15, 0.2) is 36.1 Å². The number of benzene rings is 2. The van der Waals surface area contributed by atoms with Gasteiger partial charge in [0.2, 0.25) is 5.78 Å². The fraction of sp³-hybridized carbons (Fsp3) is 0.118. The Bertz CT molecular complexity index is 917. The van der Waals surface area contributed by atoms with E-state index in [1.165, 1.54) is 50.6 Å². The van der Waals surface area contributed by atoms with Crippen LogP contribution >= 0.6 is 0 Å². The highest BCUT2D eigenvalue weighted by atomic mass is 16.6. The Labute approximate surface area is 142 Å². The highest BCUT2D eigenvalue weighted by Gasteiger charge is 2.29. The molecule has 0 spiro atoms. The molecule has 1 aliphatic heterocycles. The zero-order valence-corrected chi connectivity index (χ0v) is 13.3. The molecule has 128 valence electrons. The maximum absolute atomic E-state index is 12.4. The topological polar surface area (TPSA) is 108 Å². The number of nitro groups is 1. The fourth-order valence-corrected chi connectivity index (χ4v) is 2.47. The van der Waals surface area contributed by atoms with E-state index >= 15 is 0 Å². The summed E-state index contributed by atoms with van der Waals surface area (Å²) < 4.78 is 15.6. The molecule has 0 saturated carbocycles. The lowest BCUT2D eigenvalue weighted by Crippen LogP contribution is -2.01. The smallest absolute Gasteiger partial charge is 0.280 e. The number of phenols is 1. The lowest BCUT2D eigenvalue weighted by molar-refractivity contribution is -0.385.